The van der Waals surface area contributed by atoms with Crippen molar-refractivity contribution in [1.29, 1.82) is 0 Å². The molecule has 0 atom stereocenters. The number of nitrogens with one attached hydrogen (secondary N) is 1. The van der Waals surface area contributed by atoms with Crippen LogP contribution in [0.1, 0.15) is 18.4 Å². The molecule has 2 aromatic carbocycles. The van der Waals surface area contributed by atoms with Crippen LogP contribution in [0.3, 0.4) is 0 Å². The second-order valence-electron chi connectivity index (χ2n) is 4.95. The second-order valence-corrected chi connectivity index (χ2v) is 6.97. The van der Waals surface area contributed by atoms with Gasteiger partial charge in [-0.05, 0) is 81.2 Å². The van der Waals surface area contributed by atoms with Gasteiger partial charge in [0.05, 0.1) is 8.04 Å². The summed E-state index contributed by atoms with van der Waals surface area (Å²) in [5.74, 6) is 1.74. The highest BCUT2D eigenvalue weighted by Gasteiger charge is 2.20. The maximum Gasteiger partial charge on any atom is 0.141 e. The lowest BCUT2D eigenvalue weighted by Crippen LogP contribution is -2.15. The molecule has 3 rings (SSSR count). The molecule has 20 heavy (non-hydrogen) atoms. The minimum absolute atomic E-state index is 0.732. The number of benzene rings is 2. The molecule has 0 saturated heterocycles. The summed E-state index contributed by atoms with van der Waals surface area (Å²) < 4.78 is 8.06. The highest BCUT2D eigenvalue weighted by atomic mass is 127. The molecule has 0 radical (unpaired) electrons. The van der Waals surface area contributed by atoms with Gasteiger partial charge in [0.15, 0.2) is 0 Å². The number of para-hydroxylation sites is 1. The molecular formula is C16H15BrINO. The molecule has 1 saturated carbocycles. The van der Waals surface area contributed by atoms with Crippen molar-refractivity contribution in [2.24, 2.45) is 0 Å². The van der Waals surface area contributed by atoms with Crippen LogP contribution in [0.2, 0.25) is 0 Å². The summed E-state index contributed by atoms with van der Waals surface area (Å²) in [6, 6.07) is 15.0. The van der Waals surface area contributed by atoms with Crippen LogP contribution in [0.4, 0.5) is 0 Å². The smallest absolute Gasteiger partial charge is 0.141 e. The summed E-state index contributed by atoms with van der Waals surface area (Å²) in [5, 5.41) is 3.52. The number of ether oxygens (including phenoxy) is 1. The molecule has 1 fully saturated rings. The number of rotatable bonds is 5. The zero-order valence-electron chi connectivity index (χ0n) is 10.9. The lowest BCUT2D eigenvalue weighted by Gasteiger charge is -2.11. The maximum absolute atomic E-state index is 5.96. The van der Waals surface area contributed by atoms with E-state index in [1.54, 1.807) is 0 Å². The van der Waals surface area contributed by atoms with Crippen LogP contribution in [-0.4, -0.2) is 6.04 Å². The van der Waals surface area contributed by atoms with Crippen LogP contribution in [0.5, 0.6) is 11.5 Å². The van der Waals surface area contributed by atoms with Crippen molar-refractivity contribution in [3.63, 3.8) is 0 Å². The van der Waals surface area contributed by atoms with Gasteiger partial charge in [-0.1, -0.05) is 18.2 Å². The van der Waals surface area contributed by atoms with E-state index in [-0.39, 0.29) is 0 Å². The Hall–Kier alpha value is -0.590. The Morgan fingerprint density at radius 2 is 1.95 bits per heavy atom. The van der Waals surface area contributed by atoms with Gasteiger partial charge in [-0.2, -0.15) is 0 Å². The lowest BCUT2D eigenvalue weighted by atomic mass is 10.2. The molecule has 1 aliphatic carbocycles. The molecule has 0 bridgehead atoms. The number of halogens is 2. The van der Waals surface area contributed by atoms with E-state index >= 15 is 0 Å². The standard InChI is InChI=1S/C16H15BrINO/c17-13-9-11(10-19-12-6-7-12)5-8-15(13)20-16-4-2-1-3-14(16)18/h1-5,8-9,12,19H,6-7,10H2. The van der Waals surface area contributed by atoms with Gasteiger partial charge < -0.3 is 10.1 Å². The van der Waals surface area contributed by atoms with Gasteiger partial charge >= 0.3 is 0 Å². The molecule has 0 aromatic heterocycles. The molecule has 2 nitrogen and oxygen atoms in total. The Kier molecular flexibility index (Phi) is 4.63. The average Bonchev–Trinajstić information content (AvgIpc) is 3.26. The van der Waals surface area contributed by atoms with Crippen LogP contribution < -0.4 is 10.1 Å². The van der Waals surface area contributed by atoms with Crippen molar-refractivity contribution >= 4 is 38.5 Å². The Labute approximate surface area is 141 Å². The molecule has 0 heterocycles. The first kappa shape index (κ1) is 14.4. The molecule has 0 aliphatic heterocycles. The van der Waals surface area contributed by atoms with Crippen molar-refractivity contribution in [1.82, 2.24) is 5.32 Å². The van der Waals surface area contributed by atoms with Gasteiger partial charge in [0, 0.05) is 12.6 Å². The Morgan fingerprint density at radius 3 is 2.65 bits per heavy atom. The van der Waals surface area contributed by atoms with Gasteiger partial charge in [-0.15, -0.1) is 0 Å². The molecule has 0 spiro atoms. The highest BCUT2D eigenvalue weighted by molar-refractivity contribution is 14.1. The molecule has 104 valence electrons. The van der Waals surface area contributed by atoms with Gasteiger partial charge in [0.25, 0.3) is 0 Å². The molecule has 1 aliphatic rings. The minimum atomic E-state index is 0.732. The van der Waals surface area contributed by atoms with Gasteiger partial charge in [0.2, 0.25) is 0 Å². The second kappa shape index (κ2) is 6.45. The van der Waals surface area contributed by atoms with Gasteiger partial charge in [-0.25, -0.2) is 0 Å². The third-order valence-corrected chi connectivity index (χ3v) is 4.74. The van der Waals surface area contributed by atoms with Crippen LogP contribution in [-0.2, 0) is 6.54 Å². The maximum atomic E-state index is 5.96. The average molecular weight is 444 g/mol. The predicted octanol–water partition coefficient (Wildman–Crippen LogP) is 5.10. The fraction of sp³-hybridized carbons (Fsp3) is 0.250. The zero-order chi connectivity index (χ0) is 13.9. The predicted molar refractivity (Wildman–Crippen MR) is 93.2 cm³/mol. The quantitative estimate of drug-likeness (QED) is 0.649. The summed E-state index contributed by atoms with van der Waals surface area (Å²) in [7, 11) is 0. The van der Waals surface area contributed by atoms with Crippen LogP contribution in [0.25, 0.3) is 0 Å². The van der Waals surface area contributed by atoms with E-state index < -0.39 is 0 Å². The van der Waals surface area contributed by atoms with E-state index in [4.69, 9.17) is 4.74 Å². The lowest BCUT2D eigenvalue weighted by molar-refractivity contribution is 0.476. The van der Waals surface area contributed by atoms with E-state index in [1.165, 1.54) is 18.4 Å². The van der Waals surface area contributed by atoms with Gasteiger partial charge in [0.1, 0.15) is 11.5 Å². The number of hydrogen-bond donors (Lipinski definition) is 1. The van der Waals surface area contributed by atoms with Crippen molar-refractivity contribution in [3.05, 3.63) is 56.1 Å². The molecule has 4 heteroatoms. The van der Waals surface area contributed by atoms with Crippen LogP contribution in [0.15, 0.2) is 46.9 Å². The first-order valence-corrected chi connectivity index (χ1v) is 8.54. The van der Waals surface area contributed by atoms with Crippen molar-refractivity contribution < 1.29 is 4.74 Å². The SMILES string of the molecule is Brc1cc(CNC2CC2)ccc1Oc1ccccc1I. The minimum Gasteiger partial charge on any atom is -0.455 e. The van der Waals surface area contributed by atoms with Gasteiger partial charge in [-0.3, -0.25) is 0 Å². The summed E-state index contributed by atoms with van der Waals surface area (Å²) >= 11 is 5.88. The van der Waals surface area contributed by atoms with Crippen LogP contribution >= 0.6 is 38.5 Å². The summed E-state index contributed by atoms with van der Waals surface area (Å²) in [5.41, 5.74) is 1.28. The first-order valence-electron chi connectivity index (χ1n) is 6.66. The Morgan fingerprint density at radius 1 is 1.15 bits per heavy atom. The molecule has 0 unspecified atom stereocenters. The number of hydrogen-bond acceptors (Lipinski definition) is 2. The van der Waals surface area contributed by atoms with Crippen molar-refractivity contribution in [2.75, 3.05) is 0 Å². The van der Waals surface area contributed by atoms with E-state index in [0.717, 1.165) is 32.1 Å². The summed E-state index contributed by atoms with van der Waals surface area (Å²) in [6.07, 6.45) is 2.63. The van der Waals surface area contributed by atoms with E-state index in [9.17, 15) is 0 Å². The van der Waals surface area contributed by atoms with E-state index in [2.05, 4.69) is 56.0 Å². The normalized spacial score (nSPS) is 14.3. The van der Waals surface area contributed by atoms with Crippen LogP contribution in [0, 0.1) is 3.57 Å². The molecule has 0 amide bonds. The molecular weight excluding hydrogens is 429 g/mol. The third-order valence-electron chi connectivity index (χ3n) is 3.23. The zero-order valence-corrected chi connectivity index (χ0v) is 14.6. The highest BCUT2D eigenvalue weighted by Crippen LogP contribution is 2.32. The Balaban J connectivity index is 1.71. The largest absolute Gasteiger partial charge is 0.455 e. The van der Waals surface area contributed by atoms with Crippen molar-refractivity contribution in [2.45, 2.75) is 25.4 Å². The molecule has 2 aromatic rings. The van der Waals surface area contributed by atoms with Crippen molar-refractivity contribution in [3.8, 4) is 11.5 Å². The Bertz CT molecular complexity index is 613. The summed E-state index contributed by atoms with van der Waals surface area (Å²) in [6.45, 7) is 0.923. The molecule has 1 N–H and O–H groups in total. The van der Waals surface area contributed by atoms with E-state index in [0.29, 0.717) is 0 Å². The topological polar surface area (TPSA) is 21.3 Å². The fourth-order valence-electron chi connectivity index (χ4n) is 1.93. The third kappa shape index (κ3) is 3.74. The van der Waals surface area contributed by atoms with E-state index in [1.807, 2.05) is 30.3 Å². The monoisotopic (exact) mass is 443 g/mol. The fourth-order valence-corrected chi connectivity index (χ4v) is 2.94. The first-order chi connectivity index (χ1) is 9.72. The summed E-state index contributed by atoms with van der Waals surface area (Å²) in [4.78, 5) is 0.